The molecule has 3 nitrogen and oxygen atoms in total. The van der Waals surface area contributed by atoms with Crippen LogP contribution in [0.25, 0.3) is 16.3 Å². The summed E-state index contributed by atoms with van der Waals surface area (Å²) in [4.78, 5) is 3.50. The number of anilines is 1. The Kier molecular flexibility index (Phi) is 3.54. The van der Waals surface area contributed by atoms with Crippen molar-refractivity contribution in [1.82, 2.24) is 0 Å². The number of hydrogen-bond donors (Lipinski definition) is 0. The number of para-hydroxylation sites is 1. The van der Waals surface area contributed by atoms with Gasteiger partial charge in [0, 0.05) is 24.1 Å². The molecule has 0 radical (unpaired) electrons. The van der Waals surface area contributed by atoms with E-state index in [1.165, 1.54) is 30.8 Å². The van der Waals surface area contributed by atoms with Crippen LogP contribution in [0.5, 0.6) is 5.75 Å². The first kappa shape index (κ1) is 14.6. The summed E-state index contributed by atoms with van der Waals surface area (Å²) in [6, 6.07) is 14.8. The van der Waals surface area contributed by atoms with Gasteiger partial charge in [0.05, 0.1) is 23.9 Å². The Labute approximate surface area is 143 Å². The summed E-state index contributed by atoms with van der Waals surface area (Å²) in [6.45, 7) is 0. The number of fused-ring (bicyclic) bond motifs is 2. The van der Waals surface area contributed by atoms with E-state index in [0.29, 0.717) is 0 Å². The molecule has 0 saturated carbocycles. The summed E-state index contributed by atoms with van der Waals surface area (Å²) in [5.41, 5.74) is 2.47. The van der Waals surface area contributed by atoms with Gasteiger partial charge in [0.2, 0.25) is 5.52 Å². The smallest absolute Gasteiger partial charge is 0.265 e. The topological polar surface area (TPSA) is 16.4 Å². The second kappa shape index (κ2) is 5.58. The third kappa shape index (κ3) is 2.40. The molecule has 0 fully saturated rings. The van der Waals surface area contributed by atoms with Crippen LogP contribution in [-0.2, 0) is 7.05 Å². The fourth-order valence-electron chi connectivity index (χ4n) is 2.75. The molecule has 1 aromatic heterocycles. The van der Waals surface area contributed by atoms with Crippen LogP contribution < -0.4 is 14.2 Å². The van der Waals surface area contributed by atoms with Crippen molar-refractivity contribution in [3.05, 3.63) is 52.5 Å². The van der Waals surface area contributed by atoms with Crippen LogP contribution in [0.4, 0.5) is 5.69 Å². The van der Waals surface area contributed by atoms with Crippen LogP contribution in [0.15, 0.2) is 52.4 Å². The molecule has 3 aromatic rings. The molecule has 0 N–H and O–H groups in total. The lowest BCUT2D eigenvalue weighted by molar-refractivity contribution is -0.642. The number of aromatic nitrogens is 1. The molecule has 116 valence electrons. The largest absolute Gasteiger partial charge is 0.497 e. The van der Waals surface area contributed by atoms with E-state index in [-0.39, 0.29) is 0 Å². The van der Waals surface area contributed by atoms with Gasteiger partial charge in [-0.25, -0.2) is 0 Å². The molecule has 0 atom stereocenters. The molecule has 1 aliphatic rings. The average molecular weight is 341 g/mol. The predicted molar refractivity (Wildman–Crippen MR) is 98.2 cm³/mol. The van der Waals surface area contributed by atoms with Crippen molar-refractivity contribution in [2.45, 2.75) is 4.90 Å². The molecule has 0 amide bonds. The van der Waals surface area contributed by atoms with Crippen LogP contribution in [0, 0.1) is 0 Å². The van der Waals surface area contributed by atoms with E-state index >= 15 is 0 Å². The highest BCUT2D eigenvalue weighted by Gasteiger charge is 2.25. The van der Waals surface area contributed by atoms with Crippen molar-refractivity contribution >= 4 is 45.1 Å². The predicted octanol–water partition coefficient (Wildman–Crippen LogP) is 4.27. The first-order chi connectivity index (χ1) is 11.2. The Hall–Kier alpha value is -1.98. The van der Waals surface area contributed by atoms with Crippen LogP contribution in [0.2, 0.25) is 0 Å². The maximum atomic E-state index is 5.34. The lowest BCUT2D eigenvalue weighted by Gasteiger charge is -2.13. The van der Waals surface area contributed by atoms with Crippen molar-refractivity contribution in [2.24, 2.45) is 7.05 Å². The van der Waals surface area contributed by atoms with Crippen LogP contribution >= 0.6 is 23.1 Å². The number of thiazole rings is 1. The Morgan fingerprint density at radius 2 is 2.00 bits per heavy atom. The van der Waals surface area contributed by atoms with Gasteiger partial charge in [-0.1, -0.05) is 35.2 Å². The zero-order valence-corrected chi connectivity index (χ0v) is 14.9. The molecule has 2 aromatic carbocycles. The number of benzene rings is 2. The number of ether oxygens (including phenoxy) is 1. The van der Waals surface area contributed by atoms with E-state index in [9.17, 15) is 0 Å². The molecule has 0 bridgehead atoms. The number of rotatable bonds is 2. The molecule has 0 spiro atoms. The summed E-state index contributed by atoms with van der Waals surface area (Å²) in [5.74, 6) is 0.893. The van der Waals surface area contributed by atoms with E-state index in [0.717, 1.165) is 5.75 Å². The average Bonchev–Trinajstić information content (AvgIpc) is 3.06. The quantitative estimate of drug-likeness (QED) is 0.648. The maximum Gasteiger partial charge on any atom is 0.265 e. The van der Waals surface area contributed by atoms with Crippen molar-refractivity contribution < 1.29 is 9.30 Å². The van der Waals surface area contributed by atoms with Crippen molar-refractivity contribution in [3.63, 3.8) is 0 Å². The molecule has 0 saturated heterocycles. The van der Waals surface area contributed by atoms with E-state index in [1.807, 2.05) is 17.4 Å². The van der Waals surface area contributed by atoms with Gasteiger partial charge < -0.3 is 9.64 Å². The zero-order valence-electron chi connectivity index (χ0n) is 13.2. The van der Waals surface area contributed by atoms with Gasteiger partial charge in [0.25, 0.3) is 5.01 Å². The van der Waals surface area contributed by atoms with Gasteiger partial charge in [-0.15, -0.1) is 0 Å². The molecule has 1 aliphatic heterocycles. The highest BCUT2D eigenvalue weighted by atomic mass is 32.2. The second-order valence-corrected chi connectivity index (χ2v) is 7.57. The Morgan fingerprint density at radius 3 is 2.78 bits per heavy atom. The lowest BCUT2D eigenvalue weighted by atomic mass is 10.3. The molecule has 0 unspecified atom stereocenters. The van der Waals surface area contributed by atoms with Crippen LogP contribution in [0.3, 0.4) is 0 Å². The van der Waals surface area contributed by atoms with Gasteiger partial charge >= 0.3 is 0 Å². The lowest BCUT2D eigenvalue weighted by Crippen LogP contribution is -2.29. The summed E-state index contributed by atoms with van der Waals surface area (Å²) in [5, 5.41) is 2.48. The maximum absolute atomic E-state index is 5.34. The zero-order chi connectivity index (χ0) is 16.0. The number of hydrogen-bond acceptors (Lipinski definition) is 4. The molecule has 0 aliphatic carbocycles. The molecular formula is C18H17N2OS2+. The fraction of sp³-hybridized carbons (Fsp3) is 0.167. The highest BCUT2D eigenvalue weighted by Crippen LogP contribution is 2.47. The summed E-state index contributed by atoms with van der Waals surface area (Å²) in [6.07, 6.45) is 2.27. The minimum absolute atomic E-state index is 0.893. The minimum atomic E-state index is 0.893. The summed E-state index contributed by atoms with van der Waals surface area (Å²) in [7, 11) is 5.94. The first-order valence-corrected chi connectivity index (χ1v) is 8.99. The van der Waals surface area contributed by atoms with Gasteiger partial charge in [0.15, 0.2) is 0 Å². The normalized spacial score (nSPS) is 15.4. The van der Waals surface area contributed by atoms with Crippen molar-refractivity contribution in [1.29, 1.82) is 0 Å². The number of thioether (sulfide) groups is 1. The van der Waals surface area contributed by atoms with E-state index in [4.69, 9.17) is 4.74 Å². The molecule has 5 heteroatoms. The second-order valence-electron chi connectivity index (χ2n) is 5.44. The third-order valence-electron chi connectivity index (χ3n) is 4.09. The fourth-order valence-corrected chi connectivity index (χ4v) is 4.98. The highest BCUT2D eigenvalue weighted by molar-refractivity contribution is 8.03. The van der Waals surface area contributed by atoms with Crippen LogP contribution in [-0.4, -0.2) is 14.2 Å². The Morgan fingerprint density at radius 1 is 1.17 bits per heavy atom. The van der Waals surface area contributed by atoms with Crippen molar-refractivity contribution in [3.8, 4) is 5.75 Å². The molecular weight excluding hydrogens is 324 g/mol. The first-order valence-electron chi connectivity index (χ1n) is 7.36. The SMILES string of the molecule is COc1ccc2c(c1)N(C)/C(=C/c1sc3ccccc3[n+]1C)S2. The van der Waals surface area contributed by atoms with E-state index in [2.05, 4.69) is 66.0 Å². The number of aryl methyl sites for hydroxylation is 1. The monoisotopic (exact) mass is 341 g/mol. The number of methoxy groups -OCH3 is 1. The van der Waals surface area contributed by atoms with Gasteiger partial charge in [0.1, 0.15) is 17.5 Å². The third-order valence-corrected chi connectivity index (χ3v) is 6.42. The molecule has 23 heavy (non-hydrogen) atoms. The van der Waals surface area contributed by atoms with Gasteiger partial charge in [-0.2, -0.15) is 4.57 Å². The van der Waals surface area contributed by atoms with E-state index in [1.54, 1.807) is 18.9 Å². The minimum Gasteiger partial charge on any atom is -0.497 e. The number of nitrogens with zero attached hydrogens (tertiary/aromatic N) is 2. The molecule has 4 rings (SSSR count). The summed E-state index contributed by atoms with van der Waals surface area (Å²) < 4.78 is 8.91. The van der Waals surface area contributed by atoms with Crippen LogP contribution in [0.1, 0.15) is 5.01 Å². The Bertz CT molecular complexity index is 930. The standard InChI is InChI=1S/C18H17N2OS2/c1-19-13-6-4-5-7-15(13)22-17(19)11-18-20(2)14-10-12(21-3)8-9-16(14)23-18/h4-11H,1-3H3/q+1. The van der Waals surface area contributed by atoms with Crippen molar-refractivity contribution in [2.75, 3.05) is 19.1 Å². The van der Waals surface area contributed by atoms with Gasteiger partial charge in [-0.3, -0.25) is 0 Å². The van der Waals surface area contributed by atoms with Gasteiger partial charge in [-0.05, 0) is 18.2 Å². The summed E-state index contributed by atoms with van der Waals surface area (Å²) >= 11 is 3.62. The molecule has 2 heterocycles. The van der Waals surface area contributed by atoms with E-state index < -0.39 is 0 Å². The Balaban J connectivity index is 1.76.